The molecule has 0 saturated carbocycles. The van der Waals surface area contributed by atoms with E-state index in [4.69, 9.17) is 0 Å². The van der Waals surface area contributed by atoms with Gasteiger partial charge in [0.2, 0.25) is 0 Å². The average molecular weight is 315 g/mol. The predicted octanol–water partition coefficient (Wildman–Crippen LogP) is 2.59. The molecule has 1 atom stereocenters. The first-order valence-electron chi connectivity index (χ1n) is 5.45. The summed E-state index contributed by atoms with van der Waals surface area (Å²) in [5, 5.41) is 7.72. The Labute approximate surface area is 113 Å². The van der Waals surface area contributed by atoms with E-state index in [1.165, 1.54) is 4.88 Å². The molecule has 2 rings (SSSR count). The van der Waals surface area contributed by atoms with Gasteiger partial charge in [-0.05, 0) is 29.8 Å². The minimum absolute atomic E-state index is 0.378. The van der Waals surface area contributed by atoms with E-state index in [1.54, 1.807) is 17.5 Å². The van der Waals surface area contributed by atoms with Gasteiger partial charge in [-0.3, -0.25) is 4.68 Å². The monoisotopic (exact) mass is 314 g/mol. The van der Waals surface area contributed by atoms with Crippen LogP contribution < -0.4 is 5.32 Å². The van der Waals surface area contributed by atoms with Crippen LogP contribution in [0.3, 0.4) is 0 Å². The zero-order chi connectivity index (χ0) is 12.3. The van der Waals surface area contributed by atoms with Gasteiger partial charge in [0, 0.05) is 23.7 Å². The van der Waals surface area contributed by atoms with Gasteiger partial charge in [-0.1, -0.05) is 0 Å². The smallest absolute Gasteiger partial charge is 0.0798 e. The Morgan fingerprint density at radius 3 is 3.00 bits per heavy atom. The van der Waals surface area contributed by atoms with Crippen LogP contribution in [-0.2, 0) is 13.1 Å². The van der Waals surface area contributed by atoms with Gasteiger partial charge in [-0.2, -0.15) is 5.10 Å². The van der Waals surface area contributed by atoms with Crippen LogP contribution in [0.4, 0.5) is 0 Å². The normalized spacial score (nSPS) is 12.9. The van der Waals surface area contributed by atoms with Crippen molar-refractivity contribution in [3.63, 3.8) is 0 Å². The molecule has 6 heteroatoms. The maximum Gasteiger partial charge on any atom is 0.0798 e. The first-order valence-corrected chi connectivity index (χ1v) is 7.12. The second-order valence-electron chi connectivity index (χ2n) is 4.02. The highest BCUT2D eigenvalue weighted by Gasteiger charge is 2.06. The topological polar surface area (TPSA) is 42.7 Å². The maximum absolute atomic E-state index is 4.24. The molecule has 0 radical (unpaired) electrons. The van der Waals surface area contributed by atoms with Gasteiger partial charge in [0.15, 0.2) is 0 Å². The van der Waals surface area contributed by atoms with Crippen LogP contribution in [0.25, 0.3) is 0 Å². The van der Waals surface area contributed by atoms with Gasteiger partial charge in [-0.15, -0.1) is 11.3 Å². The molecule has 0 bridgehead atoms. The van der Waals surface area contributed by atoms with Crippen molar-refractivity contribution >= 4 is 27.3 Å². The summed E-state index contributed by atoms with van der Waals surface area (Å²) in [6.07, 6.45) is 3.79. The number of nitrogens with one attached hydrogen (secondary N) is 1. The SMILES string of the molecule is Cc1ncsc1CNC(C)Cn1cc(Br)cn1. The van der Waals surface area contributed by atoms with E-state index in [2.05, 4.69) is 38.3 Å². The van der Waals surface area contributed by atoms with Gasteiger partial charge in [0.25, 0.3) is 0 Å². The molecular formula is C11H15BrN4S. The number of nitrogens with zero attached hydrogens (tertiary/aromatic N) is 3. The number of aromatic nitrogens is 3. The molecule has 0 saturated heterocycles. The molecule has 0 aliphatic rings. The molecule has 1 unspecified atom stereocenters. The van der Waals surface area contributed by atoms with Crippen molar-refractivity contribution in [3.05, 3.63) is 32.9 Å². The van der Waals surface area contributed by atoms with Crippen LogP contribution in [0.5, 0.6) is 0 Å². The molecule has 92 valence electrons. The van der Waals surface area contributed by atoms with E-state index in [9.17, 15) is 0 Å². The first-order chi connectivity index (χ1) is 8.15. The average Bonchev–Trinajstić information content (AvgIpc) is 2.85. The second kappa shape index (κ2) is 5.75. The third-order valence-corrected chi connectivity index (χ3v) is 3.86. The molecular weight excluding hydrogens is 300 g/mol. The van der Waals surface area contributed by atoms with Crippen molar-refractivity contribution in [1.29, 1.82) is 0 Å². The number of thiazole rings is 1. The van der Waals surface area contributed by atoms with Crippen LogP contribution in [-0.4, -0.2) is 20.8 Å². The van der Waals surface area contributed by atoms with Crippen LogP contribution in [0.15, 0.2) is 22.4 Å². The lowest BCUT2D eigenvalue weighted by Crippen LogP contribution is -2.30. The van der Waals surface area contributed by atoms with E-state index in [0.29, 0.717) is 6.04 Å². The van der Waals surface area contributed by atoms with E-state index in [0.717, 1.165) is 23.3 Å². The fraction of sp³-hybridized carbons (Fsp3) is 0.455. The number of hydrogen-bond donors (Lipinski definition) is 1. The largest absolute Gasteiger partial charge is 0.307 e. The number of hydrogen-bond acceptors (Lipinski definition) is 4. The minimum Gasteiger partial charge on any atom is -0.307 e. The summed E-state index contributed by atoms with van der Waals surface area (Å²) in [6, 6.07) is 0.378. The molecule has 1 N–H and O–H groups in total. The van der Waals surface area contributed by atoms with Crippen molar-refractivity contribution in [2.24, 2.45) is 0 Å². The highest BCUT2D eigenvalue weighted by atomic mass is 79.9. The summed E-state index contributed by atoms with van der Waals surface area (Å²) in [7, 11) is 0. The lowest BCUT2D eigenvalue weighted by Gasteiger charge is -2.13. The number of aryl methyl sites for hydroxylation is 1. The molecule has 0 fully saturated rings. The van der Waals surface area contributed by atoms with Crippen molar-refractivity contribution in [2.45, 2.75) is 33.0 Å². The summed E-state index contributed by atoms with van der Waals surface area (Å²) in [6.45, 7) is 5.94. The summed E-state index contributed by atoms with van der Waals surface area (Å²) < 4.78 is 2.95. The van der Waals surface area contributed by atoms with E-state index in [1.807, 2.05) is 23.3 Å². The highest BCUT2D eigenvalue weighted by molar-refractivity contribution is 9.10. The Kier molecular flexibility index (Phi) is 4.31. The zero-order valence-corrected chi connectivity index (χ0v) is 12.3. The molecule has 2 heterocycles. The van der Waals surface area contributed by atoms with Crippen molar-refractivity contribution < 1.29 is 0 Å². The van der Waals surface area contributed by atoms with Gasteiger partial charge >= 0.3 is 0 Å². The number of rotatable bonds is 5. The van der Waals surface area contributed by atoms with Gasteiger partial charge in [0.1, 0.15) is 0 Å². The Morgan fingerprint density at radius 2 is 2.41 bits per heavy atom. The fourth-order valence-electron chi connectivity index (χ4n) is 1.55. The number of halogens is 1. The van der Waals surface area contributed by atoms with Crippen molar-refractivity contribution in [3.8, 4) is 0 Å². The summed E-state index contributed by atoms with van der Waals surface area (Å²) in [5.74, 6) is 0. The molecule has 0 aliphatic heterocycles. The Balaban J connectivity index is 1.82. The maximum atomic E-state index is 4.24. The molecule has 0 amide bonds. The zero-order valence-electron chi connectivity index (χ0n) is 9.85. The fourth-order valence-corrected chi connectivity index (χ4v) is 2.60. The van der Waals surface area contributed by atoms with E-state index >= 15 is 0 Å². The van der Waals surface area contributed by atoms with Crippen molar-refractivity contribution in [1.82, 2.24) is 20.1 Å². The molecule has 4 nitrogen and oxygen atoms in total. The van der Waals surface area contributed by atoms with Crippen LogP contribution >= 0.6 is 27.3 Å². The molecule has 2 aromatic heterocycles. The molecule has 0 aromatic carbocycles. The van der Waals surface area contributed by atoms with Crippen LogP contribution in [0, 0.1) is 6.92 Å². The quantitative estimate of drug-likeness (QED) is 0.922. The highest BCUT2D eigenvalue weighted by Crippen LogP contribution is 2.12. The lowest BCUT2D eigenvalue weighted by atomic mass is 10.3. The van der Waals surface area contributed by atoms with E-state index < -0.39 is 0 Å². The molecule has 0 aliphatic carbocycles. The van der Waals surface area contributed by atoms with Crippen molar-refractivity contribution in [2.75, 3.05) is 0 Å². The summed E-state index contributed by atoms with van der Waals surface area (Å²) >= 11 is 5.09. The first kappa shape index (κ1) is 12.7. The molecule has 0 spiro atoms. The van der Waals surface area contributed by atoms with Crippen LogP contribution in [0.1, 0.15) is 17.5 Å². The van der Waals surface area contributed by atoms with Gasteiger partial charge in [-0.25, -0.2) is 4.98 Å². The summed E-state index contributed by atoms with van der Waals surface area (Å²) in [4.78, 5) is 5.54. The van der Waals surface area contributed by atoms with E-state index in [-0.39, 0.29) is 0 Å². The standard InChI is InChI=1S/C11H15BrN4S/c1-8(5-16-6-10(12)3-15-16)13-4-11-9(2)14-7-17-11/h3,6-8,13H,4-5H2,1-2H3. The second-order valence-corrected chi connectivity index (χ2v) is 5.88. The third kappa shape index (κ3) is 3.62. The molecule has 17 heavy (non-hydrogen) atoms. The van der Waals surface area contributed by atoms with Gasteiger partial charge in [0.05, 0.1) is 28.4 Å². The summed E-state index contributed by atoms with van der Waals surface area (Å²) in [5.41, 5.74) is 3.01. The van der Waals surface area contributed by atoms with Crippen LogP contribution in [0.2, 0.25) is 0 Å². The predicted molar refractivity (Wildman–Crippen MR) is 73.1 cm³/mol. The Hall–Kier alpha value is -0.720. The minimum atomic E-state index is 0.378. The lowest BCUT2D eigenvalue weighted by molar-refractivity contribution is 0.452. The van der Waals surface area contributed by atoms with Gasteiger partial charge < -0.3 is 5.32 Å². The third-order valence-electron chi connectivity index (χ3n) is 2.52. The molecule has 2 aromatic rings. The Morgan fingerprint density at radius 1 is 1.59 bits per heavy atom. The Bertz CT molecular complexity index is 479.